The zero-order chi connectivity index (χ0) is 13.4. The molecule has 100 valence electrons. The molecule has 0 heterocycles. The van der Waals surface area contributed by atoms with Crippen LogP contribution in [0.15, 0.2) is 24.3 Å². The smallest absolute Gasteiger partial charge is 0.265 e. The second-order valence-corrected chi connectivity index (χ2v) is 3.90. The van der Waals surface area contributed by atoms with E-state index >= 15 is 0 Å². The van der Waals surface area contributed by atoms with Gasteiger partial charge in [0.1, 0.15) is 0 Å². The van der Waals surface area contributed by atoms with Gasteiger partial charge in [-0.15, -0.1) is 0 Å². The average Bonchev–Trinajstić information content (AvgIpc) is 2.39. The van der Waals surface area contributed by atoms with E-state index < -0.39 is 0 Å². The van der Waals surface area contributed by atoms with Gasteiger partial charge in [-0.1, -0.05) is 12.1 Å². The van der Waals surface area contributed by atoms with Crippen LogP contribution in [0.4, 0.5) is 0 Å². The SMILES string of the molecule is NNC(=O)c1cccc(CN(CCO)CCO)c1. The van der Waals surface area contributed by atoms with Crippen molar-refractivity contribution in [3.05, 3.63) is 35.4 Å². The lowest BCUT2D eigenvalue weighted by atomic mass is 10.1. The number of carbonyl (C=O) groups excluding carboxylic acids is 1. The predicted molar refractivity (Wildman–Crippen MR) is 67.5 cm³/mol. The molecule has 18 heavy (non-hydrogen) atoms. The Morgan fingerprint density at radius 3 is 2.50 bits per heavy atom. The fourth-order valence-corrected chi connectivity index (χ4v) is 1.71. The maximum Gasteiger partial charge on any atom is 0.265 e. The molecule has 6 heteroatoms. The molecule has 1 amide bonds. The van der Waals surface area contributed by atoms with Gasteiger partial charge >= 0.3 is 0 Å². The Balaban J connectivity index is 2.73. The molecule has 6 nitrogen and oxygen atoms in total. The molecular formula is C12H19N3O3. The third kappa shape index (κ3) is 4.42. The van der Waals surface area contributed by atoms with E-state index in [9.17, 15) is 4.79 Å². The summed E-state index contributed by atoms with van der Waals surface area (Å²) in [6, 6.07) is 7.07. The van der Waals surface area contributed by atoms with Gasteiger partial charge in [0.15, 0.2) is 0 Å². The first-order valence-electron chi connectivity index (χ1n) is 5.75. The Hall–Kier alpha value is -1.47. The van der Waals surface area contributed by atoms with Crippen LogP contribution in [0.2, 0.25) is 0 Å². The maximum absolute atomic E-state index is 11.4. The third-order valence-electron chi connectivity index (χ3n) is 2.56. The molecule has 0 fully saturated rings. The molecule has 0 aliphatic heterocycles. The highest BCUT2D eigenvalue weighted by atomic mass is 16.3. The van der Waals surface area contributed by atoms with Gasteiger partial charge in [-0.05, 0) is 17.7 Å². The number of nitrogens with zero attached hydrogens (tertiary/aromatic N) is 1. The molecule has 1 rings (SSSR count). The Morgan fingerprint density at radius 2 is 1.94 bits per heavy atom. The molecule has 0 unspecified atom stereocenters. The van der Waals surface area contributed by atoms with Crippen molar-refractivity contribution >= 4 is 5.91 Å². The van der Waals surface area contributed by atoms with E-state index in [1.165, 1.54) is 0 Å². The fourth-order valence-electron chi connectivity index (χ4n) is 1.71. The van der Waals surface area contributed by atoms with Crippen LogP contribution >= 0.6 is 0 Å². The summed E-state index contributed by atoms with van der Waals surface area (Å²) in [5.74, 6) is 4.73. The highest BCUT2D eigenvalue weighted by Gasteiger charge is 2.07. The van der Waals surface area contributed by atoms with E-state index in [4.69, 9.17) is 16.1 Å². The van der Waals surface area contributed by atoms with Crippen molar-refractivity contribution in [2.45, 2.75) is 6.54 Å². The number of amides is 1. The second-order valence-electron chi connectivity index (χ2n) is 3.90. The number of nitrogen functional groups attached to an aromatic ring is 1. The van der Waals surface area contributed by atoms with Gasteiger partial charge in [-0.25, -0.2) is 5.84 Å². The van der Waals surface area contributed by atoms with Gasteiger partial charge in [0.25, 0.3) is 5.91 Å². The molecule has 0 bridgehead atoms. The van der Waals surface area contributed by atoms with Crippen LogP contribution in [-0.4, -0.2) is 47.3 Å². The molecular weight excluding hydrogens is 234 g/mol. The minimum Gasteiger partial charge on any atom is -0.395 e. The highest BCUT2D eigenvalue weighted by Crippen LogP contribution is 2.08. The lowest BCUT2D eigenvalue weighted by Gasteiger charge is -2.20. The van der Waals surface area contributed by atoms with Gasteiger partial charge in [-0.3, -0.25) is 15.1 Å². The average molecular weight is 253 g/mol. The zero-order valence-electron chi connectivity index (χ0n) is 10.2. The van der Waals surface area contributed by atoms with Gasteiger partial charge in [0, 0.05) is 25.2 Å². The highest BCUT2D eigenvalue weighted by molar-refractivity contribution is 5.93. The standard InChI is InChI=1S/C12H19N3O3/c13-14-12(18)11-3-1-2-10(8-11)9-15(4-6-16)5-7-17/h1-3,8,16-17H,4-7,9,13H2,(H,14,18). The summed E-state index contributed by atoms with van der Waals surface area (Å²) in [7, 11) is 0. The summed E-state index contributed by atoms with van der Waals surface area (Å²) < 4.78 is 0. The van der Waals surface area contributed by atoms with Crippen LogP contribution in [0, 0.1) is 0 Å². The Labute approximate surface area is 106 Å². The number of hydrogen-bond acceptors (Lipinski definition) is 5. The number of aliphatic hydroxyl groups excluding tert-OH is 2. The minimum atomic E-state index is -0.340. The van der Waals surface area contributed by atoms with Gasteiger partial charge in [0.2, 0.25) is 0 Å². The fraction of sp³-hybridized carbons (Fsp3) is 0.417. The molecule has 0 aliphatic carbocycles. The maximum atomic E-state index is 11.4. The predicted octanol–water partition coefficient (Wildman–Crippen LogP) is -0.923. The molecule has 0 saturated carbocycles. The Kier molecular flexibility index (Phi) is 6.31. The summed E-state index contributed by atoms with van der Waals surface area (Å²) in [6.45, 7) is 1.58. The van der Waals surface area contributed by atoms with E-state index in [0.29, 0.717) is 25.2 Å². The molecule has 0 atom stereocenters. The number of carbonyl (C=O) groups is 1. The van der Waals surface area contributed by atoms with Crippen LogP contribution in [0.1, 0.15) is 15.9 Å². The number of aliphatic hydroxyl groups is 2. The van der Waals surface area contributed by atoms with Gasteiger partial charge in [-0.2, -0.15) is 0 Å². The third-order valence-corrected chi connectivity index (χ3v) is 2.56. The number of hydrazine groups is 1. The van der Waals surface area contributed by atoms with Crippen LogP contribution in [0.3, 0.4) is 0 Å². The molecule has 0 radical (unpaired) electrons. The summed E-state index contributed by atoms with van der Waals surface area (Å²) in [6.07, 6.45) is 0. The van der Waals surface area contributed by atoms with Crippen molar-refractivity contribution in [1.82, 2.24) is 10.3 Å². The van der Waals surface area contributed by atoms with E-state index in [0.717, 1.165) is 5.56 Å². The minimum absolute atomic E-state index is 0.0307. The lowest BCUT2D eigenvalue weighted by molar-refractivity contribution is 0.0953. The van der Waals surface area contributed by atoms with Crippen LogP contribution < -0.4 is 11.3 Å². The van der Waals surface area contributed by atoms with Crippen molar-refractivity contribution in [1.29, 1.82) is 0 Å². The quantitative estimate of drug-likeness (QED) is 0.286. The summed E-state index contributed by atoms with van der Waals surface area (Å²) in [4.78, 5) is 13.3. The number of rotatable bonds is 7. The van der Waals surface area contributed by atoms with Gasteiger partial charge < -0.3 is 10.2 Å². The first kappa shape index (κ1) is 14.6. The van der Waals surface area contributed by atoms with Crippen LogP contribution in [-0.2, 0) is 6.54 Å². The first-order chi connectivity index (χ1) is 8.71. The second kappa shape index (κ2) is 7.78. The topological polar surface area (TPSA) is 98.8 Å². The largest absolute Gasteiger partial charge is 0.395 e. The van der Waals surface area contributed by atoms with Gasteiger partial charge in [0.05, 0.1) is 13.2 Å². The zero-order valence-corrected chi connectivity index (χ0v) is 10.2. The summed E-state index contributed by atoms with van der Waals surface area (Å²) >= 11 is 0. The number of benzene rings is 1. The van der Waals surface area contributed by atoms with E-state index in [1.54, 1.807) is 18.2 Å². The van der Waals surface area contributed by atoms with Crippen molar-refractivity contribution in [3.8, 4) is 0 Å². The molecule has 0 aromatic heterocycles. The molecule has 0 spiro atoms. The van der Waals surface area contributed by atoms with Crippen molar-refractivity contribution in [2.75, 3.05) is 26.3 Å². The lowest BCUT2D eigenvalue weighted by Crippen LogP contribution is -2.31. The Morgan fingerprint density at radius 1 is 1.28 bits per heavy atom. The number of nitrogens with one attached hydrogen (secondary N) is 1. The van der Waals surface area contributed by atoms with Crippen molar-refractivity contribution in [3.63, 3.8) is 0 Å². The molecule has 0 aliphatic rings. The Bertz CT molecular complexity index is 379. The van der Waals surface area contributed by atoms with E-state index in [-0.39, 0.29) is 19.1 Å². The van der Waals surface area contributed by atoms with E-state index in [1.807, 2.05) is 11.0 Å². The van der Waals surface area contributed by atoms with Crippen LogP contribution in [0.5, 0.6) is 0 Å². The summed E-state index contributed by atoms with van der Waals surface area (Å²) in [5.41, 5.74) is 3.50. The monoisotopic (exact) mass is 253 g/mol. The number of nitrogens with two attached hydrogens (primary N) is 1. The van der Waals surface area contributed by atoms with Crippen LogP contribution in [0.25, 0.3) is 0 Å². The molecule has 5 N–H and O–H groups in total. The molecule has 1 aromatic rings. The molecule has 0 saturated heterocycles. The number of hydrogen-bond donors (Lipinski definition) is 4. The first-order valence-corrected chi connectivity index (χ1v) is 5.75. The van der Waals surface area contributed by atoms with Crippen molar-refractivity contribution < 1.29 is 15.0 Å². The summed E-state index contributed by atoms with van der Waals surface area (Å²) in [5, 5.41) is 17.8. The van der Waals surface area contributed by atoms with Crippen molar-refractivity contribution in [2.24, 2.45) is 5.84 Å². The van der Waals surface area contributed by atoms with E-state index in [2.05, 4.69) is 5.43 Å². The normalized spacial score (nSPS) is 10.7. The molecule has 1 aromatic carbocycles.